The van der Waals surface area contributed by atoms with E-state index in [4.69, 9.17) is 0 Å². The Morgan fingerprint density at radius 1 is 1.22 bits per heavy atom. The van der Waals surface area contributed by atoms with Crippen LogP contribution in [-0.4, -0.2) is 33.7 Å². The van der Waals surface area contributed by atoms with Crippen LogP contribution in [0.4, 0.5) is 0 Å². The summed E-state index contributed by atoms with van der Waals surface area (Å²) in [5, 5.41) is 4.33. The fourth-order valence-electron chi connectivity index (χ4n) is 3.58. The Morgan fingerprint density at radius 3 is 2.94 bits per heavy atom. The van der Waals surface area contributed by atoms with Gasteiger partial charge >= 0.3 is 0 Å². The van der Waals surface area contributed by atoms with Crippen LogP contribution in [-0.2, 0) is 13.0 Å². The third kappa shape index (κ3) is 1.51. The molecule has 4 heteroatoms. The van der Waals surface area contributed by atoms with Gasteiger partial charge in [-0.2, -0.15) is 5.10 Å². The Balaban J connectivity index is 1.58. The third-order valence-electron chi connectivity index (χ3n) is 4.87. The molecule has 1 aromatic heterocycles. The zero-order chi connectivity index (χ0) is 12.2. The zero-order valence-corrected chi connectivity index (χ0v) is 10.7. The lowest BCUT2D eigenvalue weighted by Crippen LogP contribution is -2.41. The average molecular weight is 245 g/mol. The summed E-state index contributed by atoms with van der Waals surface area (Å²) < 4.78 is 2.00. The van der Waals surface area contributed by atoms with E-state index in [9.17, 15) is 4.79 Å². The minimum Gasteiger partial charge on any atom is -0.338 e. The van der Waals surface area contributed by atoms with Gasteiger partial charge in [0.15, 0.2) is 0 Å². The molecule has 0 unspecified atom stereocenters. The van der Waals surface area contributed by atoms with Gasteiger partial charge in [-0.1, -0.05) is 0 Å². The molecule has 1 amide bonds. The van der Waals surface area contributed by atoms with Crippen molar-refractivity contribution in [2.75, 3.05) is 13.1 Å². The molecule has 0 radical (unpaired) electrons. The molecule has 3 heterocycles. The summed E-state index contributed by atoms with van der Waals surface area (Å²) in [5.74, 6) is 0.226. The molecule has 4 nitrogen and oxygen atoms in total. The standard InChI is InChI=1S/C14H19N3O/c18-13(11-9-15-17-8-1-3-12(11)17)16-7-2-4-14(10-16)5-6-14/h9H,1-8,10H2. The molecule has 1 aromatic rings. The number of aryl methyl sites for hydroxylation is 1. The number of amides is 1. The average Bonchev–Trinajstić information content (AvgIpc) is 2.82. The maximum absolute atomic E-state index is 12.6. The highest BCUT2D eigenvalue weighted by atomic mass is 16.2. The third-order valence-corrected chi connectivity index (χ3v) is 4.87. The number of piperidine rings is 1. The minimum atomic E-state index is 0.226. The predicted molar refractivity (Wildman–Crippen MR) is 67.4 cm³/mol. The molecular formula is C14H19N3O. The fourth-order valence-corrected chi connectivity index (χ4v) is 3.58. The van der Waals surface area contributed by atoms with Gasteiger partial charge < -0.3 is 4.90 Å². The van der Waals surface area contributed by atoms with Crippen molar-refractivity contribution >= 4 is 5.91 Å². The minimum absolute atomic E-state index is 0.226. The number of hydrogen-bond acceptors (Lipinski definition) is 2. The molecule has 18 heavy (non-hydrogen) atoms. The monoisotopic (exact) mass is 245 g/mol. The van der Waals surface area contributed by atoms with E-state index in [2.05, 4.69) is 10.00 Å². The van der Waals surface area contributed by atoms with Crippen molar-refractivity contribution in [3.63, 3.8) is 0 Å². The van der Waals surface area contributed by atoms with Gasteiger partial charge in [0.05, 0.1) is 17.5 Å². The van der Waals surface area contributed by atoms with E-state index in [1.807, 2.05) is 4.68 Å². The first-order valence-corrected chi connectivity index (χ1v) is 7.11. The Labute approximate surface area is 107 Å². The van der Waals surface area contributed by atoms with Crippen LogP contribution in [0.15, 0.2) is 6.20 Å². The molecule has 1 spiro atoms. The predicted octanol–water partition coefficient (Wildman–Crippen LogP) is 1.85. The van der Waals surface area contributed by atoms with E-state index in [1.165, 1.54) is 25.7 Å². The lowest BCUT2D eigenvalue weighted by atomic mass is 9.94. The van der Waals surface area contributed by atoms with Gasteiger partial charge in [0.2, 0.25) is 0 Å². The molecule has 0 bridgehead atoms. The lowest BCUT2D eigenvalue weighted by molar-refractivity contribution is 0.0653. The van der Waals surface area contributed by atoms with Gasteiger partial charge in [-0.25, -0.2) is 0 Å². The molecule has 4 rings (SSSR count). The SMILES string of the molecule is O=C(c1cnn2c1CCC2)N1CCCC2(CC2)C1. The maximum Gasteiger partial charge on any atom is 0.257 e. The van der Waals surface area contributed by atoms with Crippen LogP contribution in [0, 0.1) is 5.41 Å². The van der Waals surface area contributed by atoms with Crippen molar-refractivity contribution in [1.82, 2.24) is 14.7 Å². The number of carbonyl (C=O) groups excluding carboxylic acids is 1. The summed E-state index contributed by atoms with van der Waals surface area (Å²) >= 11 is 0. The molecular weight excluding hydrogens is 226 g/mol. The van der Waals surface area contributed by atoms with Crippen LogP contribution < -0.4 is 0 Å². The van der Waals surface area contributed by atoms with E-state index in [1.54, 1.807) is 6.20 Å². The molecule has 1 saturated heterocycles. The number of carbonyl (C=O) groups is 1. The van der Waals surface area contributed by atoms with Crippen molar-refractivity contribution in [3.05, 3.63) is 17.5 Å². The fraction of sp³-hybridized carbons (Fsp3) is 0.714. The van der Waals surface area contributed by atoms with Gasteiger partial charge in [-0.05, 0) is 43.9 Å². The highest BCUT2D eigenvalue weighted by Gasteiger charge is 2.46. The molecule has 2 aliphatic heterocycles. The first-order valence-electron chi connectivity index (χ1n) is 7.11. The molecule has 96 valence electrons. The molecule has 0 aromatic carbocycles. The van der Waals surface area contributed by atoms with E-state index < -0.39 is 0 Å². The second-order valence-corrected chi connectivity index (χ2v) is 6.16. The maximum atomic E-state index is 12.6. The second-order valence-electron chi connectivity index (χ2n) is 6.16. The van der Waals surface area contributed by atoms with Crippen molar-refractivity contribution in [1.29, 1.82) is 0 Å². The van der Waals surface area contributed by atoms with Crippen molar-refractivity contribution in [2.24, 2.45) is 5.41 Å². The number of likely N-dealkylation sites (tertiary alicyclic amines) is 1. The number of rotatable bonds is 1. The Bertz CT molecular complexity index is 501. The Morgan fingerprint density at radius 2 is 2.11 bits per heavy atom. The summed E-state index contributed by atoms with van der Waals surface area (Å²) in [6.45, 7) is 2.90. The van der Waals surface area contributed by atoms with Crippen LogP contribution in [0.1, 0.15) is 48.2 Å². The van der Waals surface area contributed by atoms with Crippen molar-refractivity contribution in [2.45, 2.75) is 45.1 Å². The first kappa shape index (κ1) is 10.6. The van der Waals surface area contributed by atoms with Crippen LogP contribution in [0.2, 0.25) is 0 Å². The number of hydrogen-bond donors (Lipinski definition) is 0. The smallest absolute Gasteiger partial charge is 0.257 e. The highest BCUT2D eigenvalue weighted by molar-refractivity contribution is 5.95. The van der Waals surface area contributed by atoms with Crippen molar-refractivity contribution in [3.8, 4) is 0 Å². The largest absolute Gasteiger partial charge is 0.338 e. The van der Waals surface area contributed by atoms with Crippen LogP contribution in [0.25, 0.3) is 0 Å². The summed E-state index contributed by atoms with van der Waals surface area (Å²) in [6, 6.07) is 0. The summed E-state index contributed by atoms with van der Waals surface area (Å²) in [6.07, 6.45) is 9.07. The van der Waals surface area contributed by atoms with Gasteiger partial charge in [0, 0.05) is 19.6 Å². The summed E-state index contributed by atoms with van der Waals surface area (Å²) in [5.41, 5.74) is 2.53. The molecule has 0 atom stereocenters. The van der Waals surface area contributed by atoms with Gasteiger partial charge in [-0.15, -0.1) is 0 Å². The summed E-state index contributed by atoms with van der Waals surface area (Å²) in [7, 11) is 0. The number of aromatic nitrogens is 2. The normalized spacial score (nSPS) is 24.3. The number of fused-ring (bicyclic) bond motifs is 1. The zero-order valence-electron chi connectivity index (χ0n) is 10.7. The quantitative estimate of drug-likeness (QED) is 0.757. The molecule has 0 N–H and O–H groups in total. The van der Waals surface area contributed by atoms with Gasteiger partial charge in [0.25, 0.3) is 5.91 Å². The molecule has 2 fully saturated rings. The van der Waals surface area contributed by atoms with E-state index >= 15 is 0 Å². The molecule has 1 saturated carbocycles. The molecule has 1 aliphatic carbocycles. The van der Waals surface area contributed by atoms with Crippen LogP contribution in [0.5, 0.6) is 0 Å². The van der Waals surface area contributed by atoms with Crippen LogP contribution >= 0.6 is 0 Å². The van der Waals surface area contributed by atoms with Gasteiger partial charge in [0.1, 0.15) is 0 Å². The lowest BCUT2D eigenvalue weighted by Gasteiger charge is -2.33. The Hall–Kier alpha value is -1.32. The molecule has 3 aliphatic rings. The summed E-state index contributed by atoms with van der Waals surface area (Å²) in [4.78, 5) is 14.7. The van der Waals surface area contributed by atoms with Crippen molar-refractivity contribution < 1.29 is 4.79 Å². The Kier molecular flexibility index (Phi) is 2.11. The topological polar surface area (TPSA) is 38.1 Å². The van der Waals surface area contributed by atoms with E-state index in [0.29, 0.717) is 5.41 Å². The van der Waals surface area contributed by atoms with Gasteiger partial charge in [-0.3, -0.25) is 9.48 Å². The first-order chi connectivity index (χ1) is 8.77. The number of nitrogens with zero attached hydrogens (tertiary/aromatic N) is 3. The highest BCUT2D eigenvalue weighted by Crippen LogP contribution is 2.52. The van der Waals surface area contributed by atoms with E-state index in [0.717, 1.165) is 43.7 Å². The van der Waals surface area contributed by atoms with E-state index in [-0.39, 0.29) is 5.91 Å². The van der Waals surface area contributed by atoms with Crippen LogP contribution in [0.3, 0.4) is 0 Å². The second kappa shape index (κ2) is 3.59.